The highest BCUT2D eigenvalue weighted by Gasteiger charge is 2.08. The third-order valence-corrected chi connectivity index (χ3v) is 2.88. The summed E-state index contributed by atoms with van der Waals surface area (Å²) in [6, 6.07) is 10.4. The van der Waals surface area contributed by atoms with Crippen LogP contribution < -0.4 is 5.32 Å². The molecule has 2 aromatic rings. The molecule has 0 bridgehead atoms. The van der Waals surface area contributed by atoms with Crippen LogP contribution in [0.1, 0.15) is 24.2 Å². The highest BCUT2D eigenvalue weighted by atomic mass is 16.4. The van der Waals surface area contributed by atoms with Crippen LogP contribution in [0.2, 0.25) is 0 Å². The topological polar surface area (TPSA) is 66.4 Å². The van der Waals surface area contributed by atoms with Crippen molar-refractivity contribution in [1.82, 2.24) is 0 Å². The summed E-state index contributed by atoms with van der Waals surface area (Å²) in [6.45, 7) is 3.64. The van der Waals surface area contributed by atoms with Gasteiger partial charge in [-0.25, -0.2) is 4.79 Å². The summed E-state index contributed by atoms with van der Waals surface area (Å²) in [5.41, 5.74) is 0.911. The quantitative estimate of drug-likeness (QED) is 0.887. The Bertz CT molecular complexity index is 647. The van der Waals surface area contributed by atoms with Gasteiger partial charge in [-0.05, 0) is 35.0 Å². The van der Waals surface area contributed by atoms with E-state index in [0.717, 1.165) is 10.8 Å². The minimum Gasteiger partial charge on any atom is -0.478 e. The fraction of sp³-hybridized carbons (Fsp3) is 0.200. The van der Waals surface area contributed by atoms with Gasteiger partial charge in [-0.3, -0.25) is 4.79 Å². The van der Waals surface area contributed by atoms with Crippen LogP contribution in [0.15, 0.2) is 36.4 Å². The standard InChI is InChI=1S/C15H15NO3/c1-9(2)14(17)16-13-6-5-10-3-4-11(15(18)19)7-12(10)8-13/h3-9H,1-2H3,(H,16,17)(H,18,19). The van der Waals surface area contributed by atoms with Gasteiger partial charge in [0.2, 0.25) is 5.91 Å². The molecule has 0 saturated heterocycles. The summed E-state index contributed by atoms with van der Waals surface area (Å²) in [5.74, 6) is -1.12. The minimum absolute atomic E-state index is 0.0614. The first-order valence-corrected chi connectivity index (χ1v) is 6.05. The molecule has 0 aromatic heterocycles. The second-order valence-corrected chi connectivity index (χ2v) is 4.73. The average molecular weight is 257 g/mol. The molecule has 0 radical (unpaired) electrons. The first kappa shape index (κ1) is 13.1. The molecule has 1 amide bonds. The van der Waals surface area contributed by atoms with Gasteiger partial charge in [0.25, 0.3) is 0 Å². The van der Waals surface area contributed by atoms with Gasteiger partial charge in [-0.1, -0.05) is 26.0 Å². The van der Waals surface area contributed by atoms with Crippen LogP contribution >= 0.6 is 0 Å². The first-order chi connectivity index (χ1) is 8.97. The second-order valence-electron chi connectivity index (χ2n) is 4.73. The van der Waals surface area contributed by atoms with Crippen molar-refractivity contribution in [2.45, 2.75) is 13.8 Å². The number of carbonyl (C=O) groups is 2. The largest absolute Gasteiger partial charge is 0.478 e. The number of nitrogens with one attached hydrogen (secondary N) is 1. The average Bonchev–Trinajstić information content (AvgIpc) is 2.37. The zero-order chi connectivity index (χ0) is 14.0. The molecule has 2 aromatic carbocycles. The third kappa shape index (κ3) is 2.91. The van der Waals surface area contributed by atoms with Gasteiger partial charge in [0, 0.05) is 11.6 Å². The smallest absolute Gasteiger partial charge is 0.335 e. The number of amides is 1. The second kappa shape index (κ2) is 5.10. The Morgan fingerprint density at radius 3 is 2.37 bits per heavy atom. The number of aromatic carboxylic acids is 1. The Labute approximate surface area is 111 Å². The molecule has 2 N–H and O–H groups in total. The Balaban J connectivity index is 2.38. The maximum atomic E-state index is 11.6. The molecule has 4 heteroatoms. The molecular formula is C15H15NO3. The zero-order valence-electron chi connectivity index (χ0n) is 10.8. The minimum atomic E-state index is -0.960. The first-order valence-electron chi connectivity index (χ1n) is 6.05. The Morgan fingerprint density at radius 2 is 1.74 bits per heavy atom. The molecule has 0 saturated carbocycles. The van der Waals surface area contributed by atoms with E-state index in [0.29, 0.717) is 5.69 Å². The molecule has 0 unspecified atom stereocenters. The fourth-order valence-electron chi connectivity index (χ4n) is 1.74. The van der Waals surface area contributed by atoms with Gasteiger partial charge in [0.15, 0.2) is 0 Å². The van der Waals surface area contributed by atoms with Gasteiger partial charge in [-0.15, -0.1) is 0 Å². The monoisotopic (exact) mass is 257 g/mol. The van der Waals surface area contributed by atoms with Crippen molar-refractivity contribution in [2.24, 2.45) is 5.92 Å². The Kier molecular flexibility index (Phi) is 3.51. The van der Waals surface area contributed by atoms with Crippen molar-refractivity contribution in [3.8, 4) is 0 Å². The molecule has 0 heterocycles. The highest BCUT2D eigenvalue weighted by molar-refractivity contribution is 5.98. The molecule has 98 valence electrons. The van der Waals surface area contributed by atoms with E-state index in [1.165, 1.54) is 0 Å². The van der Waals surface area contributed by atoms with Gasteiger partial charge < -0.3 is 10.4 Å². The lowest BCUT2D eigenvalue weighted by Gasteiger charge is -2.09. The normalized spacial score (nSPS) is 10.7. The van der Waals surface area contributed by atoms with Crippen molar-refractivity contribution >= 4 is 28.3 Å². The fourth-order valence-corrected chi connectivity index (χ4v) is 1.74. The zero-order valence-corrected chi connectivity index (χ0v) is 10.8. The predicted molar refractivity (Wildman–Crippen MR) is 74.4 cm³/mol. The highest BCUT2D eigenvalue weighted by Crippen LogP contribution is 2.21. The summed E-state index contributed by atoms with van der Waals surface area (Å²) in [6.07, 6.45) is 0. The van der Waals surface area contributed by atoms with Crippen LogP contribution in [0.3, 0.4) is 0 Å². The molecule has 0 atom stereocenters. The summed E-state index contributed by atoms with van der Waals surface area (Å²) >= 11 is 0. The van der Waals surface area contributed by atoms with E-state index in [9.17, 15) is 9.59 Å². The third-order valence-electron chi connectivity index (χ3n) is 2.88. The number of rotatable bonds is 3. The van der Waals surface area contributed by atoms with Crippen molar-refractivity contribution in [3.63, 3.8) is 0 Å². The molecule has 0 fully saturated rings. The van der Waals surface area contributed by atoms with Crippen LogP contribution in [-0.2, 0) is 4.79 Å². The van der Waals surface area contributed by atoms with Gasteiger partial charge in [0.1, 0.15) is 0 Å². The van der Waals surface area contributed by atoms with E-state index >= 15 is 0 Å². The SMILES string of the molecule is CC(C)C(=O)Nc1ccc2ccc(C(=O)O)cc2c1. The van der Waals surface area contributed by atoms with E-state index in [1.807, 2.05) is 26.0 Å². The van der Waals surface area contributed by atoms with Crippen LogP contribution in [0.25, 0.3) is 10.8 Å². The molecule has 0 spiro atoms. The molecule has 0 aliphatic carbocycles. The van der Waals surface area contributed by atoms with Gasteiger partial charge >= 0.3 is 5.97 Å². The molecule has 0 aliphatic heterocycles. The van der Waals surface area contributed by atoms with Crippen molar-refractivity contribution < 1.29 is 14.7 Å². The van der Waals surface area contributed by atoms with Crippen LogP contribution in [0.5, 0.6) is 0 Å². The molecular weight excluding hydrogens is 242 g/mol. The maximum absolute atomic E-state index is 11.6. The van der Waals surface area contributed by atoms with Gasteiger partial charge in [-0.2, -0.15) is 0 Å². The molecule has 2 rings (SSSR count). The van der Waals surface area contributed by atoms with Crippen molar-refractivity contribution in [1.29, 1.82) is 0 Å². The number of carboxylic acid groups (broad SMARTS) is 1. The lowest BCUT2D eigenvalue weighted by Crippen LogP contribution is -2.17. The Morgan fingerprint density at radius 1 is 1.05 bits per heavy atom. The maximum Gasteiger partial charge on any atom is 0.335 e. The van der Waals surface area contributed by atoms with Crippen LogP contribution in [0, 0.1) is 5.92 Å². The van der Waals surface area contributed by atoms with Crippen LogP contribution in [-0.4, -0.2) is 17.0 Å². The summed E-state index contributed by atoms with van der Waals surface area (Å²) < 4.78 is 0. The number of fused-ring (bicyclic) bond motifs is 1. The van der Waals surface area contributed by atoms with E-state index in [4.69, 9.17) is 5.11 Å². The summed E-state index contributed by atoms with van der Waals surface area (Å²) in [5, 5.41) is 13.5. The van der Waals surface area contributed by atoms with E-state index in [2.05, 4.69) is 5.32 Å². The molecule has 19 heavy (non-hydrogen) atoms. The van der Waals surface area contributed by atoms with Crippen LogP contribution in [0.4, 0.5) is 5.69 Å². The van der Waals surface area contributed by atoms with E-state index in [1.54, 1.807) is 24.3 Å². The number of carbonyl (C=O) groups excluding carboxylic acids is 1. The molecule has 0 aliphatic rings. The lowest BCUT2D eigenvalue weighted by atomic mass is 10.1. The van der Waals surface area contributed by atoms with E-state index in [-0.39, 0.29) is 17.4 Å². The number of carboxylic acids is 1. The summed E-state index contributed by atoms with van der Waals surface area (Å²) in [4.78, 5) is 22.5. The number of anilines is 1. The number of benzene rings is 2. The van der Waals surface area contributed by atoms with Gasteiger partial charge in [0.05, 0.1) is 5.56 Å². The Hall–Kier alpha value is -2.36. The number of hydrogen-bond donors (Lipinski definition) is 2. The van der Waals surface area contributed by atoms with Crippen molar-refractivity contribution in [2.75, 3.05) is 5.32 Å². The van der Waals surface area contributed by atoms with Crippen molar-refractivity contribution in [3.05, 3.63) is 42.0 Å². The summed E-state index contributed by atoms with van der Waals surface area (Å²) in [7, 11) is 0. The lowest BCUT2D eigenvalue weighted by molar-refractivity contribution is -0.118. The van der Waals surface area contributed by atoms with E-state index < -0.39 is 5.97 Å². The number of hydrogen-bond acceptors (Lipinski definition) is 2. The molecule has 4 nitrogen and oxygen atoms in total. The predicted octanol–water partition coefficient (Wildman–Crippen LogP) is 3.13.